The maximum atomic E-state index is 13.8. The average Bonchev–Trinajstić information content (AvgIpc) is 2.29. The fourth-order valence-electron chi connectivity index (χ4n) is 1.82. The molecule has 86 valence electrons. The van der Waals surface area contributed by atoms with Crippen LogP contribution >= 0.6 is 0 Å². The second-order valence-electron chi connectivity index (χ2n) is 4.40. The number of rotatable bonds is 2. The fourth-order valence-corrected chi connectivity index (χ4v) is 1.82. The van der Waals surface area contributed by atoms with Gasteiger partial charge in [0.1, 0.15) is 11.6 Å². The molecule has 2 rings (SSSR count). The predicted octanol–water partition coefficient (Wildman–Crippen LogP) is 3.59. The van der Waals surface area contributed by atoms with E-state index in [0.29, 0.717) is 5.46 Å². The lowest BCUT2D eigenvalue weighted by Crippen LogP contribution is -2.25. The molecule has 0 heterocycles. The fraction of sp³-hybridized carbons (Fsp3) is 0.143. The van der Waals surface area contributed by atoms with Gasteiger partial charge >= 0.3 is 0 Å². The quantitative estimate of drug-likeness (QED) is 0.691. The molecule has 0 fully saturated rings. The van der Waals surface area contributed by atoms with Gasteiger partial charge in [0.15, 0.2) is 6.71 Å². The minimum absolute atomic E-state index is 0.164. The molecule has 0 spiro atoms. The lowest BCUT2D eigenvalue weighted by Gasteiger charge is -2.07. The summed E-state index contributed by atoms with van der Waals surface area (Å²) in [5, 5.41) is 0. The molecule has 17 heavy (non-hydrogen) atoms. The highest BCUT2D eigenvalue weighted by Crippen LogP contribution is 2.19. The van der Waals surface area contributed by atoms with Crippen LogP contribution in [0.25, 0.3) is 11.1 Å². The molecular weight excluding hydrogens is 217 g/mol. The smallest absolute Gasteiger partial charge is 0.173 e. The van der Waals surface area contributed by atoms with Crippen LogP contribution in [0.1, 0.15) is 0 Å². The highest BCUT2D eigenvalue weighted by molar-refractivity contribution is 6.70. The van der Waals surface area contributed by atoms with Crippen LogP contribution in [-0.4, -0.2) is 6.71 Å². The second-order valence-corrected chi connectivity index (χ2v) is 4.40. The van der Waals surface area contributed by atoms with E-state index < -0.39 is 0 Å². The Morgan fingerprint density at radius 2 is 1.41 bits per heavy atom. The van der Waals surface area contributed by atoms with Crippen LogP contribution in [0.15, 0.2) is 42.5 Å². The van der Waals surface area contributed by atoms with Crippen molar-refractivity contribution in [1.82, 2.24) is 0 Å². The third kappa shape index (κ3) is 2.55. The Kier molecular flexibility index (Phi) is 3.27. The van der Waals surface area contributed by atoms with Gasteiger partial charge in [0, 0.05) is 0 Å². The molecule has 0 aliphatic carbocycles. The van der Waals surface area contributed by atoms with Crippen molar-refractivity contribution in [2.75, 3.05) is 0 Å². The SMILES string of the molecule is CB(C)c1ccc(-c2ccc(F)cc2)cc1F. The summed E-state index contributed by atoms with van der Waals surface area (Å²) in [5.74, 6) is -0.491. The van der Waals surface area contributed by atoms with E-state index in [-0.39, 0.29) is 18.3 Å². The average molecular weight is 230 g/mol. The van der Waals surface area contributed by atoms with Crippen LogP contribution in [0, 0.1) is 11.6 Å². The molecule has 0 amide bonds. The largest absolute Gasteiger partial charge is 0.208 e. The van der Waals surface area contributed by atoms with Gasteiger partial charge in [-0.2, -0.15) is 0 Å². The Hall–Kier alpha value is -1.64. The van der Waals surface area contributed by atoms with Crippen LogP contribution in [0.4, 0.5) is 8.78 Å². The van der Waals surface area contributed by atoms with Crippen LogP contribution in [0.3, 0.4) is 0 Å². The molecule has 3 heteroatoms. The molecule has 0 N–H and O–H groups in total. The first-order valence-electron chi connectivity index (χ1n) is 5.63. The molecule has 0 saturated heterocycles. The Balaban J connectivity index is 2.41. The molecule has 0 atom stereocenters. The summed E-state index contributed by atoms with van der Waals surface area (Å²) >= 11 is 0. The van der Waals surface area contributed by atoms with Crippen molar-refractivity contribution in [3.05, 3.63) is 54.1 Å². The van der Waals surface area contributed by atoms with Gasteiger partial charge < -0.3 is 0 Å². The second kappa shape index (κ2) is 4.70. The van der Waals surface area contributed by atoms with Crippen molar-refractivity contribution in [2.45, 2.75) is 13.6 Å². The number of hydrogen-bond donors (Lipinski definition) is 0. The molecular formula is C14H13BF2. The van der Waals surface area contributed by atoms with Crippen molar-refractivity contribution >= 4 is 12.2 Å². The van der Waals surface area contributed by atoms with Crippen molar-refractivity contribution in [3.8, 4) is 11.1 Å². The summed E-state index contributed by atoms with van der Waals surface area (Å²) in [6, 6.07) is 11.2. The minimum Gasteiger partial charge on any atom is -0.208 e. The molecule has 0 aromatic heterocycles. The van der Waals surface area contributed by atoms with Gasteiger partial charge in [0.25, 0.3) is 0 Å². The number of benzene rings is 2. The maximum absolute atomic E-state index is 13.8. The van der Waals surface area contributed by atoms with Crippen molar-refractivity contribution < 1.29 is 8.78 Å². The summed E-state index contributed by atoms with van der Waals surface area (Å²) in [4.78, 5) is 0. The van der Waals surface area contributed by atoms with Crippen molar-refractivity contribution in [1.29, 1.82) is 0 Å². The minimum atomic E-state index is -0.284. The van der Waals surface area contributed by atoms with Gasteiger partial charge in [0.2, 0.25) is 0 Å². The van der Waals surface area contributed by atoms with Crippen molar-refractivity contribution in [3.63, 3.8) is 0 Å². The van der Waals surface area contributed by atoms with Gasteiger partial charge in [-0.15, -0.1) is 0 Å². The summed E-state index contributed by atoms with van der Waals surface area (Å²) in [6.45, 7) is 4.07. The lowest BCUT2D eigenvalue weighted by atomic mass is 9.49. The van der Waals surface area contributed by atoms with Gasteiger partial charge in [-0.05, 0) is 34.8 Å². The van der Waals surface area contributed by atoms with Crippen LogP contribution in [0.2, 0.25) is 13.6 Å². The van der Waals surface area contributed by atoms with Gasteiger partial charge in [-0.3, -0.25) is 0 Å². The monoisotopic (exact) mass is 230 g/mol. The zero-order valence-corrected chi connectivity index (χ0v) is 9.87. The lowest BCUT2D eigenvalue weighted by molar-refractivity contribution is 0.628. The summed E-state index contributed by atoms with van der Waals surface area (Å²) in [5.41, 5.74) is 2.29. The summed E-state index contributed by atoms with van der Waals surface area (Å²) < 4.78 is 26.6. The Labute approximate surface area is 100 Å². The van der Waals surface area contributed by atoms with E-state index in [1.807, 2.05) is 19.7 Å². The highest BCUT2D eigenvalue weighted by Gasteiger charge is 2.10. The van der Waals surface area contributed by atoms with Gasteiger partial charge in [-0.1, -0.05) is 37.9 Å². The first-order valence-corrected chi connectivity index (χ1v) is 5.63. The van der Waals surface area contributed by atoms with Crippen LogP contribution in [0.5, 0.6) is 0 Å². The van der Waals surface area contributed by atoms with E-state index in [2.05, 4.69) is 0 Å². The highest BCUT2D eigenvalue weighted by atomic mass is 19.1. The summed E-state index contributed by atoms with van der Waals surface area (Å²) in [7, 11) is 0. The maximum Gasteiger partial charge on any atom is 0.173 e. The van der Waals surface area contributed by atoms with E-state index in [1.54, 1.807) is 18.2 Å². The van der Waals surface area contributed by atoms with E-state index in [0.717, 1.165) is 11.1 Å². The van der Waals surface area contributed by atoms with Gasteiger partial charge in [0.05, 0.1) is 0 Å². The topological polar surface area (TPSA) is 0 Å². The molecule has 2 aromatic carbocycles. The van der Waals surface area contributed by atoms with E-state index in [9.17, 15) is 8.78 Å². The number of hydrogen-bond acceptors (Lipinski definition) is 0. The zero-order valence-electron chi connectivity index (χ0n) is 9.87. The predicted molar refractivity (Wildman–Crippen MR) is 68.9 cm³/mol. The third-order valence-corrected chi connectivity index (χ3v) is 2.80. The van der Waals surface area contributed by atoms with Crippen LogP contribution in [-0.2, 0) is 0 Å². The molecule has 0 unspecified atom stereocenters. The first kappa shape index (κ1) is 11.8. The van der Waals surface area contributed by atoms with Crippen LogP contribution < -0.4 is 5.46 Å². The first-order chi connectivity index (χ1) is 8.08. The van der Waals surface area contributed by atoms with Crippen molar-refractivity contribution in [2.24, 2.45) is 0 Å². The molecule has 0 radical (unpaired) electrons. The molecule has 0 aliphatic rings. The summed E-state index contributed by atoms with van der Waals surface area (Å²) in [6.07, 6.45) is 0. The third-order valence-electron chi connectivity index (χ3n) is 2.80. The zero-order chi connectivity index (χ0) is 12.4. The normalized spacial score (nSPS) is 10.4. The van der Waals surface area contributed by atoms with Gasteiger partial charge in [-0.25, -0.2) is 8.78 Å². The standard InChI is InChI=1S/C14H13BF2/c1-15(2)13-8-5-11(9-14(13)17)10-3-6-12(16)7-4-10/h3-9H,1-2H3. The molecule has 2 aromatic rings. The molecule has 0 nitrogen and oxygen atoms in total. The number of halogens is 2. The molecule has 0 aliphatic heterocycles. The van der Waals surface area contributed by atoms with E-state index >= 15 is 0 Å². The molecule has 0 saturated carbocycles. The Morgan fingerprint density at radius 1 is 0.824 bits per heavy atom. The Bertz CT molecular complexity index is 518. The van der Waals surface area contributed by atoms with E-state index in [4.69, 9.17) is 0 Å². The Morgan fingerprint density at radius 3 is 1.94 bits per heavy atom. The van der Waals surface area contributed by atoms with E-state index in [1.165, 1.54) is 18.2 Å². The molecule has 0 bridgehead atoms.